The summed E-state index contributed by atoms with van der Waals surface area (Å²) in [4.78, 5) is 13.4. The average Bonchev–Trinajstić information content (AvgIpc) is 3.22. The summed E-state index contributed by atoms with van der Waals surface area (Å²) in [6.45, 7) is 6.22. The Morgan fingerprint density at radius 3 is 2.65 bits per heavy atom. The first-order valence-electron chi connectivity index (χ1n) is 9.96. The van der Waals surface area contributed by atoms with Crippen LogP contribution in [0.25, 0.3) is 0 Å². The van der Waals surface area contributed by atoms with Crippen LogP contribution in [0.4, 0.5) is 11.6 Å². The SMILES string of the molecule is CCOc1cc(C2C(C(=O)Nc3ccc(C)cc3)=C(C)Nc3nnnn32)ccc1OC. The normalized spacial score (nSPS) is 15.2. The highest BCUT2D eigenvalue weighted by molar-refractivity contribution is 6.06. The van der Waals surface area contributed by atoms with Gasteiger partial charge in [0.1, 0.15) is 6.04 Å². The van der Waals surface area contributed by atoms with Crippen molar-refractivity contribution in [1.82, 2.24) is 20.2 Å². The van der Waals surface area contributed by atoms with Crippen LogP contribution in [0.3, 0.4) is 0 Å². The van der Waals surface area contributed by atoms with Crippen LogP contribution >= 0.6 is 0 Å². The second-order valence-corrected chi connectivity index (χ2v) is 7.18. The second-order valence-electron chi connectivity index (χ2n) is 7.18. The van der Waals surface area contributed by atoms with Crippen molar-refractivity contribution in [2.75, 3.05) is 24.4 Å². The number of ether oxygens (including phenoxy) is 2. The monoisotopic (exact) mass is 420 g/mol. The van der Waals surface area contributed by atoms with E-state index >= 15 is 0 Å². The third-order valence-electron chi connectivity index (χ3n) is 5.07. The Kier molecular flexibility index (Phi) is 5.57. The van der Waals surface area contributed by atoms with Gasteiger partial charge in [-0.2, -0.15) is 4.68 Å². The number of hydrogen-bond acceptors (Lipinski definition) is 7. The number of carbonyl (C=O) groups excluding carboxylic acids is 1. The zero-order valence-electron chi connectivity index (χ0n) is 17.8. The van der Waals surface area contributed by atoms with Gasteiger partial charge >= 0.3 is 0 Å². The first-order chi connectivity index (χ1) is 15.0. The van der Waals surface area contributed by atoms with Crippen molar-refractivity contribution < 1.29 is 14.3 Å². The van der Waals surface area contributed by atoms with E-state index in [1.54, 1.807) is 11.8 Å². The number of aryl methyl sites for hydroxylation is 1. The molecule has 2 aromatic carbocycles. The summed E-state index contributed by atoms with van der Waals surface area (Å²) in [5, 5.41) is 18.0. The molecule has 9 heteroatoms. The number of benzene rings is 2. The van der Waals surface area contributed by atoms with Crippen LogP contribution in [0.5, 0.6) is 11.5 Å². The van der Waals surface area contributed by atoms with Crippen LogP contribution in [0, 0.1) is 6.92 Å². The van der Waals surface area contributed by atoms with E-state index in [1.807, 2.05) is 63.2 Å². The first kappa shape index (κ1) is 20.4. The van der Waals surface area contributed by atoms with E-state index < -0.39 is 6.04 Å². The molecule has 160 valence electrons. The molecule has 3 aromatic rings. The summed E-state index contributed by atoms with van der Waals surface area (Å²) in [5.74, 6) is 1.42. The Morgan fingerprint density at radius 2 is 1.94 bits per heavy atom. The van der Waals surface area contributed by atoms with E-state index in [2.05, 4.69) is 26.2 Å². The van der Waals surface area contributed by atoms with Gasteiger partial charge in [-0.25, -0.2) is 0 Å². The Bertz CT molecular complexity index is 1140. The molecule has 0 spiro atoms. The van der Waals surface area contributed by atoms with Gasteiger partial charge in [-0.3, -0.25) is 4.79 Å². The van der Waals surface area contributed by atoms with E-state index in [1.165, 1.54) is 0 Å². The third-order valence-corrected chi connectivity index (χ3v) is 5.07. The molecule has 4 rings (SSSR count). The second kappa shape index (κ2) is 8.47. The molecule has 1 aliphatic rings. The Hall–Kier alpha value is -3.88. The molecule has 2 N–H and O–H groups in total. The number of fused-ring (bicyclic) bond motifs is 1. The highest BCUT2D eigenvalue weighted by Gasteiger charge is 2.34. The highest BCUT2D eigenvalue weighted by Crippen LogP contribution is 2.38. The van der Waals surface area contributed by atoms with Crippen LogP contribution in [-0.2, 0) is 4.79 Å². The summed E-state index contributed by atoms with van der Waals surface area (Å²) in [6, 6.07) is 12.7. The topological polar surface area (TPSA) is 103 Å². The molecule has 1 amide bonds. The van der Waals surface area contributed by atoms with Crippen molar-refractivity contribution in [3.8, 4) is 11.5 Å². The number of allylic oxidation sites excluding steroid dienone is 1. The Morgan fingerprint density at radius 1 is 1.16 bits per heavy atom. The van der Waals surface area contributed by atoms with E-state index in [4.69, 9.17) is 9.47 Å². The summed E-state index contributed by atoms with van der Waals surface area (Å²) < 4.78 is 12.7. The molecule has 0 fully saturated rings. The number of nitrogens with one attached hydrogen (secondary N) is 2. The lowest BCUT2D eigenvalue weighted by Gasteiger charge is -2.28. The van der Waals surface area contributed by atoms with E-state index in [0.29, 0.717) is 41.0 Å². The van der Waals surface area contributed by atoms with Crippen LogP contribution < -0.4 is 20.1 Å². The van der Waals surface area contributed by atoms with Crippen LogP contribution in [0.2, 0.25) is 0 Å². The van der Waals surface area contributed by atoms with Gasteiger partial charge in [-0.15, -0.1) is 0 Å². The molecule has 1 aromatic heterocycles. The molecule has 0 aliphatic carbocycles. The average molecular weight is 420 g/mol. The standard InChI is InChI=1S/C22H24N6O3/c1-5-31-18-12-15(8-11-17(18)30-4)20-19(14(3)23-22-25-26-27-28(20)22)21(29)24-16-9-6-13(2)7-10-16/h6-12,20H,5H2,1-4H3,(H,24,29)(H,23,25,27). The van der Waals surface area contributed by atoms with Gasteiger partial charge in [-0.1, -0.05) is 28.9 Å². The van der Waals surface area contributed by atoms with Gasteiger partial charge in [0.2, 0.25) is 5.95 Å². The fourth-order valence-corrected chi connectivity index (χ4v) is 3.58. The maximum atomic E-state index is 13.4. The van der Waals surface area contributed by atoms with Crippen molar-refractivity contribution in [2.24, 2.45) is 0 Å². The minimum absolute atomic E-state index is 0.242. The minimum atomic E-state index is -0.540. The first-order valence-corrected chi connectivity index (χ1v) is 9.96. The molecule has 9 nitrogen and oxygen atoms in total. The van der Waals surface area contributed by atoms with Gasteiger partial charge in [0, 0.05) is 11.4 Å². The molecule has 0 saturated heterocycles. The minimum Gasteiger partial charge on any atom is -0.493 e. The molecule has 1 unspecified atom stereocenters. The van der Waals surface area contributed by atoms with Gasteiger partial charge in [0.15, 0.2) is 11.5 Å². The zero-order valence-corrected chi connectivity index (χ0v) is 17.8. The predicted octanol–water partition coefficient (Wildman–Crippen LogP) is 3.32. The van der Waals surface area contributed by atoms with Crippen molar-refractivity contribution >= 4 is 17.5 Å². The van der Waals surface area contributed by atoms with Gasteiger partial charge in [0.05, 0.1) is 19.3 Å². The molecule has 0 bridgehead atoms. The molecular weight excluding hydrogens is 396 g/mol. The zero-order chi connectivity index (χ0) is 22.0. The van der Waals surface area contributed by atoms with Crippen molar-refractivity contribution in [3.63, 3.8) is 0 Å². The van der Waals surface area contributed by atoms with Crippen LogP contribution in [0.15, 0.2) is 53.7 Å². The summed E-state index contributed by atoms with van der Waals surface area (Å²) >= 11 is 0. The lowest BCUT2D eigenvalue weighted by molar-refractivity contribution is -0.113. The number of tetrazole rings is 1. The van der Waals surface area contributed by atoms with Crippen LogP contribution in [-0.4, -0.2) is 39.8 Å². The van der Waals surface area contributed by atoms with E-state index in [0.717, 1.165) is 11.1 Å². The Balaban J connectivity index is 1.77. The van der Waals surface area contributed by atoms with E-state index in [-0.39, 0.29) is 5.91 Å². The van der Waals surface area contributed by atoms with Crippen molar-refractivity contribution in [3.05, 3.63) is 64.9 Å². The highest BCUT2D eigenvalue weighted by atomic mass is 16.5. The molecule has 0 radical (unpaired) electrons. The molecular formula is C22H24N6O3. The Labute approximate surface area is 180 Å². The van der Waals surface area contributed by atoms with Crippen molar-refractivity contribution in [1.29, 1.82) is 0 Å². The molecule has 0 saturated carbocycles. The molecule has 1 aliphatic heterocycles. The number of nitrogens with zero attached hydrogens (tertiary/aromatic N) is 4. The van der Waals surface area contributed by atoms with Gasteiger partial charge < -0.3 is 20.1 Å². The summed E-state index contributed by atoms with van der Waals surface area (Å²) in [7, 11) is 1.59. The molecule has 2 heterocycles. The number of rotatable bonds is 6. The van der Waals surface area contributed by atoms with Gasteiger partial charge in [-0.05, 0) is 61.0 Å². The smallest absolute Gasteiger partial charge is 0.255 e. The maximum Gasteiger partial charge on any atom is 0.255 e. The van der Waals surface area contributed by atoms with Gasteiger partial charge in [0.25, 0.3) is 5.91 Å². The fourth-order valence-electron chi connectivity index (χ4n) is 3.58. The summed E-state index contributed by atoms with van der Waals surface area (Å²) in [5.41, 5.74) is 3.80. The number of aromatic nitrogens is 4. The third kappa shape index (κ3) is 3.94. The number of hydrogen-bond donors (Lipinski definition) is 2. The summed E-state index contributed by atoms with van der Waals surface area (Å²) in [6.07, 6.45) is 0. The van der Waals surface area contributed by atoms with Crippen molar-refractivity contribution in [2.45, 2.75) is 26.8 Å². The number of methoxy groups -OCH3 is 1. The molecule has 1 atom stereocenters. The predicted molar refractivity (Wildman–Crippen MR) is 116 cm³/mol. The molecule has 31 heavy (non-hydrogen) atoms. The number of carbonyl (C=O) groups is 1. The maximum absolute atomic E-state index is 13.4. The number of anilines is 2. The lowest BCUT2D eigenvalue weighted by atomic mass is 9.94. The van der Waals surface area contributed by atoms with E-state index in [9.17, 15) is 4.79 Å². The lowest BCUT2D eigenvalue weighted by Crippen LogP contribution is -2.31. The fraction of sp³-hybridized carbons (Fsp3) is 0.273. The van der Waals surface area contributed by atoms with Crippen LogP contribution in [0.1, 0.15) is 31.0 Å². The quantitative estimate of drug-likeness (QED) is 0.630. The number of amides is 1. The largest absolute Gasteiger partial charge is 0.493 e.